The molecular formula is C16H18BrN3O3. The number of aromatic amines is 1. The van der Waals surface area contributed by atoms with Gasteiger partial charge in [0, 0.05) is 17.1 Å². The molecule has 0 radical (unpaired) electrons. The molecule has 0 aliphatic rings. The van der Waals surface area contributed by atoms with Crippen LogP contribution in [0.1, 0.15) is 29.4 Å². The SMILES string of the molecule is CCOc1ccccc1CCC(=O)NNC(=O)c1cc(Br)c[nH]1. The number of H-pyrrole nitrogens is 1. The summed E-state index contributed by atoms with van der Waals surface area (Å²) in [5.74, 6) is 0.108. The average molecular weight is 380 g/mol. The Kier molecular flexibility index (Phi) is 6.22. The molecule has 6 nitrogen and oxygen atoms in total. The van der Waals surface area contributed by atoms with Crippen LogP contribution in [0.3, 0.4) is 0 Å². The van der Waals surface area contributed by atoms with E-state index in [-0.39, 0.29) is 12.3 Å². The number of ether oxygens (including phenoxy) is 1. The lowest BCUT2D eigenvalue weighted by Gasteiger charge is -2.10. The third-order valence-electron chi connectivity index (χ3n) is 3.10. The summed E-state index contributed by atoms with van der Waals surface area (Å²) >= 11 is 3.24. The molecule has 0 saturated heterocycles. The Morgan fingerprint density at radius 1 is 1.26 bits per heavy atom. The van der Waals surface area contributed by atoms with Crippen molar-refractivity contribution in [1.82, 2.24) is 15.8 Å². The first-order valence-corrected chi connectivity index (χ1v) is 8.03. The largest absolute Gasteiger partial charge is 0.494 e. The van der Waals surface area contributed by atoms with Gasteiger partial charge in [0.15, 0.2) is 0 Å². The number of hydrogen-bond acceptors (Lipinski definition) is 3. The summed E-state index contributed by atoms with van der Waals surface area (Å²) in [6.07, 6.45) is 2.42. The topological polar surface area (TPSA) is 83.2 Å². The highest BCUT2D eigenvalue weighted by atomic mass is 79.9. The number of aryl methyl sites for hydroxylation is 1. The number of halogens is 1. The van der Waals surface area contributed by atoms with Crippen LogP contribution in [0, 0.1) is 0 Å². The van der Waals surface area contributed by atoms with E-state index >= 15 is 0 Å². The molecule has 1 aromatic carbocycles. The van der Waals surface area contributed by atoms with E-state index in [4.69, 9.17) is 4.74 Å². The van der Waals surface area contributed by atoms with E-state index in [9.17, 15) is 9.59 Å². The van der Waals surface area contributed by atoms with Crippen LogP contribution in [0.25, 0.3) is 0 Å². The molecule has 7 heteroatoms. The van der Waals surface area contributed by atoms with Crippen LogP contribution in [-0.2, 0) is 11.2 Å². The van der Waals surface area contributed by atoms with E-state index in [0.717, 1.165) is 15.8 Å². The summed E-state index contributed by atoms with van der Waals surface area (Å²) in [6.45, 7) is 2.49. The van der Waals surface area contributed by atoms with Gasteiger partial charge in [-0.05, 0) is 47.0 Å². The number of para-hydroxylation sites is 1. The number of nitrogens with one attached hydrogen (secondary N) is 3. The van der Waals surface area contributed by atoms with Crippen molar-refractivity contribution in [2.75, 3.05) is 6.61 Å². The highest BCUT2D eigenvalue weighted by Crippen LogP contribution is 2.19. The quantitative estimate of drug-likeness (QED) is 0.674. The van der Waals surface area contributed by atoms with Crippen LogP contribution < -0.4 is 15.6 Å². The zero-order chi connectivity index (χ0) is 16.7. The molecule has 122 valence electrons. The highest BCUT2D eigenvalue weighted by molar-refractivity contribution is 9.10. The molecular weight excluding hydrogens is 362 g/mol. The molecule has 2 rings (SSSR count). The van der Waals surface area contributed by atoms with E-state index in [1.54, 1.807) is 12.3 Å². The van der Waals surface area contributed by atoms with Gasteiger partial charge in [-0.2, -0.15) is 0 Å². The molecule has 0 bridgehead atoms. The molecule has 2 aromatic rings. The molecule has 0 aliphatic heterocycles. The van der Waals surface area contributed by atoms with Gasteiger partial charge in [0.2, 0.25) is 5.91 Å². The lowest BCUT2D eigenvalue weighted by molar-refractivity contribution is -0.121. The van der Waals surface area contributed by atoms with Gasteiger partial charge in [-0.25, -0.2) is 0 Å². The Hall–Kier alpha value is -2.28. The van der Waals surface area contributed by atoms with E-state index in [1.807, 2.05) is 31.2 Å². The van der Waals surface area contributed by atoms with Crippen LogP contribution in [0.4, 0.5) is 0 Å². The molecule has 0 spiro atoms. The van der Waals surface area contributed by atoms with Gasteiger partial charge in [0.05, 0.1) is 6.61 Å². The maximum Gasteiger partial charge on any atom is 0.286 e. The van der Waals surface area contributed by atoms with Crippen molar-refractivity contribution in [2.45, 2.75) is 19.8 Å². The summed E-state index contributed by atoms with van der Waals surface area (Å²) in [5, 5.41) is 0. The van der Waals surface area contributed by atoms with E-state index in [1.165, 1.54) is 0 Å². The first-order valence-electron chi connectivity index (χ1n) is 7.24. The maximum absolute atomic E-state index is 11.8. The molecule has 0 unspecified atom stereocenters. The van der Waals surface area contributed by atoms with Gasteiger partial charge in [0.1, 0.15) is 11.4 Å². The predicted octanol–water partition coefficient (Wildman–Crippen LogP) is 2.57. The van der Waals surface area contributed by atoms with Gasteiger partial charge < -0.3 is 9.72 Å². The molecule has 0 fully saturated rings. The second kappa shape index (κ2) is 8.38. The Balaban J connectivity index is 1.80. The third-order valence-corrected chi connectivity index (χ3v) is 3.56. The molecule has 23 heavy (non-hydrogen) atoms. The van der Waals surface area contributed by atoms with Crippen LogP contribution in [0.15, 0.2) is 41.0 Å². The number of carbonyl (C=O) groups is 2. The zero-order valence-electron chi connectivity index (χ0n) is 12.7. The highest BCUT2D eigenvalue weighted by Gasteiger charge is 2.10. The van der Waals surface area contributed by atoms with Gasteiger partial charge in [-0.15, -0.1) is 0 Å². The monoisotopic (exact) mass is 379 g/mol. The molecule has 0 saturated carbocycles. The molecule has 0 aliphatic carbocycles. The van der Waals surface area contributed by atoms with Crippen molar-refractivity contribution in [3.63, 3.8) is 0 Å². The second-order valence-electron chi connectivity index (χ2n) is 4.77. The zero-order valence-corrected chi connectivity index (χ0v) is 14.3. The number of amides is 2. The fourth-order valence-electron chi connectivity index (χ4n) is 2.01. The average Bonchev–Trinajstić information content (AvgIpc) is 2.98. The van der Waals surface area contributed by atoms with Crippen LogP contribution in [0.2, 0.25) is 0 Å². The Morgan fingerprint density at radius 2 is 2.04 bits per heavy atom. The number of hydrazine groups is 1. The molecule has 2 amide bonds. The first kappa shape index (κ1) is 17.1. The normalized spacial score (nSPS) is 10.2. The number of rotatable bonds is 6. The summed E-state index contributed by atoms with van der Waals surface area (Å²) < 4.78 is 6.28. The summed E-state index contributed by atoms with van der Waals surface area (Å²) in [7, 11) is 0. The van der Waals surface area contributed by atoms with Crippen LogP contribution in [-0.4, -0.2) is 23.4 Å². The summed E-state index contributed by atoms with van der Waals surface area (Å²) in [5.41, 5.74) is 6.09. The van der Waals surface area contributed by atoms with Crippen molar-refractivity contribution in [2.24, 2.45) is 0 Å². The maximum atomic E-state index is 11.8. The Labute approximate surface area is 142 Å². The number of benzene rings is 1. The first-order chi connectivity index (χ1) is 11.1. The number of hydrogen-bond donors (Lipinski definition) is 3. The Morgan fingerprint density at radius 3 is 2.74 bits per heavy atom. The van der Waals surface area contributed by atoms with Crippen molar-refractivity contribution in [1.29, 1.82) is 0 Å². The molecule has 3 N–H and O–H groups in total. The van der Waals surface area contributed by atoms with E-state index in [2.05, 4.69) is 31.8 Å². The van der Waals surface area contributed by atoms with Crippen molar-refractivity contribution in [3.05, 3.63) is 52.3 Å². The van der Waals surface area contributed by atoms with Crippen molar-refractivity contribution in [3.8, 4) is 5.75 Å². The fourth-order valence-corrected chi connectivity index (χ4v) is 2.35. The summed E-state index contributed by atoms with van der Waals surface area (Å²) in [4.78, 5) is 26.4. The number of aromatic nitrogens is 1. The Bertz CT molecular complexity index is 685. The van der Waals surface area contributed by atoms with Gasteiger partial charge >= 0.3 is 0 Å². The minimum atomic E-state index is -0.404. The van der Waals surface area contributed by atoms with Crippen LogP contribution >= 0.6 is 15.9 Å². The minimum absolute atomic E-state index is 0.249. The predicted molar refractivity (Wildman–Crippen MR) is 90.0 cm³/mol. The standard InChI is InChI=1S/C16H18BrN3O3/c1-2-23-14-6-4-3-5-11(14)7-8-15(21)19-20-16(22)13-9-12(17)10-18-13/h3-6,9-10,18H,2,7-8H2,1H3,(H,19,21)(H,20,22). The molecule has 1 heterocycles. The minimum Gasteiger partial charge on any atom is -0.494 e. The molecule has 0 atom stereocenters. The van der Waals surface area contributed by atoms with Gasteiger partial charge in [-0.1, -0.05) is 18.2 Å². The van der Waals surface area contributed by atoms with Gasteiger partial charge in [-0.3, -0.25) is 20.4 Å². The lowest BCUT2D eigenvalue weighted by Crippen LogP contribution is -2.41. The second-order valence-corrected chi connectivity index (χ2v) is 5.69. The van der Waals surface area contributed by atoms with Crippen LogP contribution in [0.5, 0.6) is 5.75 Å². The van der Waals surface area contributed by atoms with E-state index in [0.29, 0.717) is 18.7 Å². The molecule has 1 aromatic heterocycles. The summed E-state index contributed by atoms with van der Waals surface area (Å²) in [6, 6.07) is 9.22. The van der Waals surface area contributed by atoms with Crippen molar-refractivity contribution < 1.29 is 14.3 Å². The fraction of sp³-hybridized carbons (Fsp3) is 0.250. The van der Waals surface area contributed by atoms with Crippen molar-refractivity contribution >= 4 is 27.7 Å². The number of carbonyl (C=O) groups excluding carboxylic acids is 2. The van der Waals surface area contributed by atoms with E-state index < -0.39 is 5.91 Å². The lowest BCUT2D eigenvalue weighted by atomic mass is 10.1. The third kappa shape index (κ3) is 5.14. The van der Waals surface area contributed by atoms with Gasteiger partial charge in [0.25, 0.3) is 5.91 Å². The smallest absolute Gasteiger partial charge is 0.286 e.